The van der Waals surface area contributed by atoms with Gasteiger partial charge in [0.15, 0.2) is 0 Å². The van der Waals surface area contributed by atoms with Crippen molar-refractivity contribution in [3.8, 4) is 44.5 Å². The number of rotatable bonds is 6. The van der Waals surface area contributed by atoms with Crippen molar-refractivity contribution in [3.05, 3.63) is 211 Å². The average Bonchev–Trinajstić information content (AvgIpc) is 3.75. The number of fused-ring (bicyclic) bond motifs is 7. The normalized spacial score (nSPS) is 12.9. The minimum atomic E-state index is -0.105. The first kappa shape index (κ1) is 33.6. The summed E-state index contributed by atoms with van der Waals surface area (Å²) in [5, 5.41) is 5.18. The number of benzene rings is 9. The molecule has 0 amide bonds. The SMILES string of the molecule is CC1(C)c2ccccc2-c2ccc(N(c3ccc(-c4ccc5c(c4)sc4ccccc45)cc3)c3cccc(-c4cccc(-c5cccc6ccccc56)c4)c3)cc21. The Bertz CT molecular complexity index is 3160. The lowest BCUT2D eigenvalue weighted by atomic mass is 9.82. The minimum absolute atomic E-state index is 0.105. The molecule has 11 rings (SSSR count). The lowest BCUT2D eigenvalue weighted by Crippen LogP contribution is -2.16. The molecule has 0 bridgehead atoms. The maximum Gasteiger partial charge on any atom is 0.0467 e. The summed E-state index contributed by atoms with van der Waals surface area (Å²) >= 11 is 1.87. The number of anilines is 3. The van der Waals surface area contributed by atoms with E-state index < -0.39 is 0 Å². The van der Waals surface area contributed by atoms with Crippen LogP contribution in [0.25, 0.3) is 75.5 Å². The summed E-state index contributed by atoms with van der Waals surface area (Å²) in [7, 11) is 0. The van der Waals surface area contributed by atoms with Gasteiger partial charge in [0.05, 0.1) is 0 Å². The highest BCUT2D eigenvalue weighted by atomic mass is 32.1. The van der Waals surface area contributed by atoms with Crippen molar-refractivity contribution in [2.24, 2.45) is 0 Å². The minimum Gasteiger partial charge on any atom is -0.310 e. The van der Waals surface area contributed by atoms with Gasteiger partial charge in [-0.2, -0.15) is 0 Å². The first-order chi connectivity index (χ1) is 28.0. The third kappa shape index (κ3) is 5.59. The van der Waals surface area contributed by atoms with Crippen LogP contribution in [0.5, 0.6) is 0 Å². The Morgan fingerprint density at radius 3 is 1.84 bits per heavy atom. The zero-order valence-corrected chi connectivity index (χ0v) is 32.7. The van der Waals surface area contributed by atoms with Crippen molar-refractivity contribution in [3.63, 3.8) is 0 Å². The van der Waals surface area contributed by atoms with Gasteiger partial charge in [0.25, 0.3) is 0 Å². The quantitative estimate of drug-likeness (QED) is 0.164. The molecule has 1 aliphatic carbocycles. The predicted octanol–water partition coefficient (Wildman–Crippen LogP) is 16.0. The van der Waals surface area contributed by atoms with Gasteiger partial charge >= 0.3 is 0 Å². The fourth-order valence-electron chi connectivity index (χ4n) is 9.15. The molecule has 0 radical (unpaired) electrons. The molecule has 0 spiro atoms. The predicted molar refractivity (Wildman–Crippen MR) is 245 cm³/mol. The number of hydrogen-bond acceptors (Lipinski definition) is 2. The summed E-state index contributed by atoms with van der Waals surface area (Å²) in [6.07, 6.45) is 0. The standard InChI is InChI=1S/C55H39NS/c1-55(2)51-22-7-5-19-47(51)48-31-29-44(35-52(48)55)56(42-27-24-36(25-28-42)40-26-30-50-49-20-6-8-23-53(49)57-54(50)34-40)43-17-10-15-39(33-43)38-14-9-16-41(32-38)46-21-11-13-37-12-3-4-18-45(37)46/h3-35H,1-2H3. The summed E-state index contributed by atoms with van der Waals surface area (Å²) in [4.78, 5) is 2.43. The van der Waals surface area contributed by atoms with Crippen molar-refractivity contribution in [2.45, 2.75) is 19.3 Å². The van der Waals surface area contributed by atoms with Crippen LogP contribution in [-0.2, 0) is 5.41 Å². The molecule has 10 aromatic rings. The van der Waals surface area contributed by atoms with Gasteiger partial charge in [0.1, 0.15) is 0 Å². The van der Waals surface area contributed by atoms with E-state index in [0.717, 1.165) is 17.1 Å². The Hall–Kier alpha value is -6.74. The smallest absolute Gasteiger partial charge is 0.0467 e. The van der Waals surface area contributed by atoms with Crippen molar-refractivity contribution < 1.29 is 0 Å². The largest absolute Gasteiger partial charge is 0.310 e. The third-order valence-electron chi connectivity index (χ3n) is 12.1. The second kappa shape index (κ2) is 13.2. The summed E-state index contributed by atoms with van der Waals surface area (Å²) in [6, 6.07) is 73.9. The van der Waals surface area contributed by atoms with E-state index in [1.54, 1.807) is 0 Å². The summed E-state index contributed by atoms with van der Waals surface area (Å²) in [6.45, 7) is 4.72. The van der Waals surface area contributed by atoms with Gasteiger partial charge in [0, 0.05) is 42.6 Å². The Morgan fingerprint density at radius 2 is 0.947 bits per heavy atom. The van der Waals surface area contributed by atoms with E-state index in [0.29, 0.717) is 0 Å². The molecule has 1 aliphatic rings. The molecule has 0 N–H and O–H groups in total. The second-order valence-corrected chi connectivity index (χ2v) is 16.8. The van der Waals surface area contributed by atoms with Gasteiger partial charge in [-0.25, -0.2) is 0 Å². The average molecular weight is 746 g/mol. The molecule has 0 saturated carbocycles. The molecule has 0 atom stereocenters. The summed E-state index contributed by atoms with van der Waals surface area (Å²) < 4.78 is 2.65. The molecule has 1 heterocycles. The highest BCUT2D eigenvalue weighted by Crippen LogP contribution is 2.51. The molecule has 9 aromatic carbocycles. The number of thiophene rings is 1. The maximum atomic E-state index is 2.43. The molecular formula is C55H39NS. The Labute approximate surface area is 337 Å². The van der Waals surface area contributed by atoms with Crippen molar-refractivity contribution in [1.29, 1.82) is 0 Å². The van der Waals surface area contributed by atoms with E-state index in [1.165, 1.54) is 86.6 Å². The van der Waals surface area contributed by atoms with Gasteiger partial charge < -0.3 is 4.90 Å². The van der Waals surface area contributed by atoms with Gasteiger partial charge in [0.2, 0.25) is 0 Å². The molecule has 1 aromatic heterocycles. The Kier molecular flexibility index (Phi) is 7.77. The van der Waals surface area contributed by atoms with Gasteiger partial charge in [-0.1, -0.05) is 159 Å². The van der Waals surface area contributed by atoms with Crippen LogP contribution in [0.15, 0.2) is 200 Å². The number of nitrogens with zero attached hydrogens (tertiary/aromatic N) is 1. The lowest BCUT2D eigenvalue weighted by Gasteiger charge is -2.28. The number of hydrogen-bond donors (Lipinski definition) is 0. The van der Waals surface area contributed by atoms with E-state index in [4.69, 9.17) is 0 Å². The molecule has 0 unspecified atom stereocenters. The molecule has 0 aliphatic heterocycles. The highest BCUT2D eigenvalue weighted by Gasteiger charge is 2.35. The van der Waals surface area contributed by atoms with Crippen LogP contribution in [0, 0.1) is 0 Å². The molecule has 2 heteroatoms. The first-order valence-corrected chi connectivity index (χ1v) is 20.6. The topological polar surface area (TPSA) is 3.24 Å². The molecule has 270 valence electrons. The van der Waals surface area contributed by atoms with Crippen LogP contribution in [0.2, 0.25) is 0 Å². The molecule has 0 saturated heterocycles. The van der Waals surface area contributed by atoms with Gasteiger partial charge in [-0.15, -0.1) is 11.3 Å². The van der Waals surface area contributed by atoms with Gasteiger partial charge in [-0.3, -0.25) is 0 Å². The van der Waals surface area contributed by atoms with Crippen LogP contribution in [0.3, 0.4) is 0 Å². The zero-order valence-electron chi connectivity index (χ0n) is 31.9. The second-order valence-electron chi connectivity index (χ2n) is 15.7. The van der Waals surface area contributed by atoms with E-state index >= 15 is 0 Å². The van der Waals surface area contributed by atoms with E-state index in [2.05, 4.69) is 219 Å². The van der Waals surface area contributed by atoms with Crippen LogP contribution in [0.1, 0.15) is 25.0 Å². The van der Waals surface area contributed by atoms with E-state index in [1.807, 2.05) is 11.3 Å². The van der Waals surface area contributed by atoms with Crippen LogP contribution >= 0.6 is 11.3 Å². The highest BCUT2D eigenvalue weighted by molar-refractivity contribution is 7.25. The van der Waals surface area contributed by atoms with Crippen molar-refractivity contribution in [1.82, 2.24) is 0 Å². The Balaban J connectivity index is 1.02. The lowest BCUT2D eigenvalue weighted by molar-refractivity contribution is 0.660. The molecule has 1 nitrogen and oxygen atoms in total. The molecule has 0 fully saturated rings. The summed E-state index contributed by atoms with van der Waals surface area (Å²) in [5.41, 5.74) is 16.0. The van der Waals surface area contributed by atoms with Crippen LogP contribution < -0.4 is 4.90 Å². The maximum absolute atomic E-state index is 2.43. The molecular weight excluding hydrogens is 707 g/mol. The van der Waals surface area contributed by atoms with E-state index in [9.17, 15) is 0 Å². The zero-order chi connectivity index (χ0) is 38.1. The summed E-state index contributed by atoms with van der Waals surface area (Å²) in [5.74, 6) is 0. The third-order valence-corrected chi connectivity index (χ3v) is 13.2. The van der Waals surface area contributed by atoms with E-state index in [-0.39, 0.29) is 5.41 Å². The van der Waals surface area contributed by atoms with Gasteiger partial charge in [-0.05, 0) is 121 Å². The fraction of sp³-hybridized carbons (Fsp3) is 0.0545. The van der Waals surface area contributed by atoms with Crippen molar-refractivity contribution >= 4 is 59.3 Å². The monoisotopic (exact) mass is 745 g/mol. The van der Waals surface area contributed by atoms with Crippen molar-refractivity contribution in [2.75, 3.05) is 4.90 Å². The first-order valence-electron chi connectivity index (χ1n) is 19.7. The molecule has 57 heavy (non-hydrogen) atoms. The van der Waals surface area contributed by atoms with Crippen LogP contribution in [-0.4, -0.2) is 0 Å². The fourth-order valence-corrected chi connectivity index (χ4v) is 10.3. The van der Waals surface area contributed by atoms with Crippen LogP contribution in [0.4, 0.5) is 17.1 Å². The Morgan fingerprint density at radius 1 is 0.351 bits per heavy atom.